The van der Waals surface area contributed by atoms with E-state index >= 15 is 0 Å². The first-order chi connectivity index (χ1) is 16.2. The van der Waals surface area contributed by atoms with Crippen LogP contribution in [-0.4, -0.2) is 49.1 Å². The molecule has 0 atom stereocenters. The van der Waals surface area contributed by atoms with Gasteiger partial charge in [-0.1, -0.05) is 24.3 Å². The Bertz CT molecular complexity index is 1150. The third kappa shape index (κ3) is 6.10. The molecule has 0 spiro atoms. The van der Waals surface area contributed by atoms with E-state index in [0.717, 1.165) is 30.8 Å². The third-order valence-electron chi connectivity index (χ3n) is 4.99. The van der Waals surface area contributed by atoms with Crippen molar-refractivity contribution in [2.45, 2.75) is 13.0 Å². The van der Waals surface area contributed by atoms with Gasteiger partial charge in [0.15, 0.2) is 0 Å². The van der Waals surface area contributed by atoms with E-state index in [-0.39, 0.29) is 5.69 Å². The fourth-order valence-electron chi connectivity index (χ4n) is 3.31. The Morgan fingerprint density at radius 1 is 1.09 bits per heavy atom. The van der Waals surface area contributed by atoms with Gasteiger partial charge < -0.3 is 14.8 Å². The largest absolute Gasteiger partial charge is 0.368 e. The molecule has 0 aliphatic heterocycles. The van der Waals surface area contributed by atoms with E-state index in [2.05, 4.69) is 31.2 Å². The van der Waals surface area contributed by atoms with Gasteiger partial charge in [0.25, 0.3) is 5.69 Å². The van der Waals surface area contributed by atoms with Crippen LogP contribution in [-0.2, 0) is 6.54 Å². The summed E-state index contributed by atoms with van der Waals surface area (Å²) in [4.78, 5) is 29.9. The number of hydrogen-bond donors (Lipinski definition) is 1. The molecule has 10 heteroatoms. The van der Waals surface area contributed by atoms with Gasteiger partial charge >= 0.3 is 0 Å². The minimum atomic E-state index is -0.464. The van der Waals surface area contributed by atoms with E-state index < -0.39 is 4.92 Å². The lowest BCUT2D eigenvalue weighted by Gasteiger charge is -2.23. The molecule has 0 unspecified atom stereocenters. The lowest BCUT2D eigenvalue weighted by molar-refractivity contribution is -0.385. The molecular formula is C23H23N8O2. The molecule has 1 aromatic carbocycles. The number of nitrogens with zero attached hydrogens (tertiary/aromatic N) is 7. The molecule has 1 radical (unpaired) electrons. The summed E-state index contributed by atoms with van der Waals surface area (Å²) in [5, 5.41) is 14.0. The molecule has 0 saturated heterocycles. The van der Waals surface area contributed by atoms with Crippen LogP contribution in [0.2, 0.25) is 0 Å². The average molecular weight is 443 g/mol. The maximum atomic E-state index is 10.8. The monoisotopic (exact) mass is 443 g/mol. The van der Waals surface area contributed by atoms with Crippen LogP contribution in [0.3, 0.4) is 0 Å². The van der Waals surface area contributed by atoms with E-state index in [4.69, 9.17) is 4.98 Å². The van der Waals surface area contributed by atoms with Crippen LogP contribution < -0.4 is 10.2 Å². The van der Waals surface area contributed by atoms with Crippen molar-refractivity contribution in [3.8, 4) is 11.3 Å². The summed E-state index contributed by atoms with van der Waals surface area (Å²) in [5.74, 6) is 1.22. The van der Waals surface area contributed by atoms with E-state index in [1.165, 1.54) is 12.3 Å². The fourth-order valence-corrected chi connectivity index (χ4v) is 3.31. The van der Waals surface area contributed by atoms with E-state index in [1.807, 2.05) is 41.1 Å². The SMILES string of the molecule is O=[N+]([O-])c1ccc(NCCN(CCCn2ccnc2)c2nccc(-c3cc[c]cc3)n2)nc1. The normalized spacial score (nSPS) is 10.7. The molecule has 10 nitrogen and oxygen atoms in total. The van der Waals surface area contributed by atoms with Crippen molar-refractivity contribution in [1.82, 2.24) is 24.5 Å². The predicted octanol–water partition coefficient (Wildman–Crippen LogP) is 3.45. The third-order valence-corrected chi connectivity index (χ3v) is 4.99. The number of rotatable bonds is 11. The Balaban J connectivity index is 1.44. The fraction of sp³-hybridized carbons (Fsp3) is 0.217. The van der Waals surface area contributed by atoms with Gasteiger partial charge in [-0.05, 0) is 24.6 Å². The molecule has 167 valence electrons. The molecule has 0 aliphatic rings. The Kier molecular flexibility index (Phi) is 7.16. The number of nitro groups is 1. The summed E-state index contributed by atoms with van der Waals surface area (Å²) in [6, 6.07) is 15.6. The molecule has 0 aliphatic carbocycles. The maximum Gasteiger partial charge on any atom is 0.287 e. The van der Waals surface area contributed by atoms with Gasteiger partial charge in [0.2, 0.25) is 5.95 Å². The van der Waals surface area contributed by atoms with E-state index in [1.54, 1.807) is 24.8 Å². The van der Waals surface area contributed by atoms with Crippen LogP contribution >= 0.6 is 0 Å². The van der Waals surface area contributed by atoms with Gasteiger partial charge in [-0.2, -0.15) is 0 Å². The van der Waals surface area contributed by atoms with Crippen LogP contribution in [0.5, 0.6) is 0 Å². The van der Waals surface area contributed by atoms with Gasteiger partial charge in [0.05, 0.1) is 16.9 Å². The highest BCUT2D eigenvalue weighted by Gasteiger charge is 2.12. The van der Waals surface area contributed by atoms with Gasteiger partial charge in [-0.3, -0.25) is 10.1 Å². The quantitative estimate of drug-likeness (QED) is 0.277. The molecule has 4 rings (SSSR count). The molecule has 3 heterocycles. The second-order valence-electron chi connectivity index (χ2n) is 7.26. The lowest BCUT2D eigenvalue weighted by atomic mass is 10.1. The molecule has 1 N–H and O–H groups in total. The topological polar surface area (TPSA) is 115 Å². The number of imidazole rings is 1. The second kappa shape index (κ2) is 10.8. The number of aromatic nitrogens is 5. The van der Waals surface area contributed by atoms with Crippen molar-refractivity contribution < 1.29 is 4.92 Å². The maximum absolute atomic E-state index is 10.8. The van der Waals surface area contributed by atoms with Crippen molar-refractivity contribution in [3.05, 3.63) is 89.8 Å². The van der Waals surface area contributed by atoms with Gasteiger partial charge in [-0.25, -0.2) is 19.9 Å². The number of benzene rings is 1. The number of pyridine rings is 1. The van der Waals surface area contributed by atoms with E-state index in [9.17, 15) is 10.1 Å². The van der Waals surface area contributed by atoms with Crippen LogP contribution in [0.15, 0.2) is 73.6 Å². The first-order valence-corrected chi connectivity index (χ1v) is 10.5. The number of aryl methyl sites for hydroxylation is 1. The highest BCUT2D eigenvalue weighted by atomic mass is 16.6. The van der Waals surface area contributed by atoms with Gasteiger partial charge in [0.1, 0.15) is 12.0 Å². The zero-order chi connectivity index (χ0) is 22.9. The van der Waals surface area contributed by atoms with Crippen LogP contribution in [0.25, 0.3) is 11.3 Å². The molecule has 0 amide bonds. The zero-order valence-electron chi connectivity index (χ0n) is 17.9. The first-order valence-electron chi connectivity index (χ1n) is 10.5. The van der Waals surface area contributed by atoms with Crippen molar-refractivity contribution in [3.63, 3.8) is 0 Å². The smallest absolute Gasteiger partial charge is 0.287 e. The van der Waals surface area contributed by atoms with Crippen LogP contribution in [0.4, 0.5) is 17.5 Å². The second-order valence-corrected chi connectivity index (χ2v) is 7.26. The zero-order valence-corrected chi connectivity index (χ0v) is 17.9. The molecular weight excluding hydrogens is 420 g/mol. The Morgan fingerprint density at radius 3 is 2.70 bits per heavy atom. The summed E-state index contributed by atoms with van der Waals surface area (Å²) in [6.07, 6.45) is 9.41. The van der Waals surface area contributed by atoms with Gasteiger partial charge in [-0.15, -0.1) is 0 Å². The molecule has 3 aromatic heterocycles. The van der Waals surface area contributed by atoms with Gasteiger partial charge in [0, 0.05) is 56.4 Å². The summed E-state index contributed by atoms with van der Waals surface area (Å²) in [6.45, 7) is 2.79. The summed E-state index contributed by atoms with van der Waals surface area (Å²) < 4.78 is 2.04. The summed E-state index contributed by atoms with van der Waals surface area (Å²) in [5.41, 5.74) is 1.81. The Labute approximate surface area is 191 Å². The number of nitrogens with one attached hydrogen (secondary N) is 1. The number of hydrogen-bond acceptors (Lipinski definition) is 8. The molecule has 0 fully saturated rings. The number of anilines is 2. The van der Waals surface area contributed by atoms with Crippen molar-refractivity contribution in [1.29, 1.82) is 0 Å². The highest BCUT2D eigenvalue weighted by molar-refractivity contribution is 5.59. The molecule has 33 heavy (non-hydrogen) atoms. The lowest BCUT2D eigenvalue weighted by Crippen LogP contribution is -2.32. The molecule has 4 aromatic rings. The van der Waals surface area contributed by atoms with E-state index in [0.29, 0.717) is 24.9 Å². The average Bonchev–Trinajstić information content (AvgIpc) is 3.38. The molecule has 0 bridgehead atoms. The summed E-state index contributed by atoms with van der Waals surface area (Å²) >= 11 is 0. The van der Waals surface area contributed by atoms with Crippen LogP contribution in [0, 0.1) is 16.2 Å². The Morgan fingerprint density at radius 2 is 1.97 bits per heavy atom. The minimum Gasteiger partial charge on any atom is -0.368 e. The van der Waals surface area contributed by atoms with Crippen molar-refractivity contribution in [2.75, 3.05) is 29.9 Å². The standard InChI is InChI=1S/C23H23N8O2/c32-31(33)20-7-8-22(27-17-20)25-12-16-30(14-4-13-29-15-11-24-18-29)23-26-10-9-21(28-23)19-5-2-1-3-6-19/h2-3,5-11,15,17-18H,4,12-14,16H2,(H,25,27). The minimum absolute atomic E-state index is 0.0367. The van der Waals surface area contributed by atoms with Crippen LogP contribution in [0.1, 0.15) is 6.42 Å². The van der Waals surface area contributed by atoms with Crippen molar-refractivity contribution >= 4 is 17.5 Å². The predicted molar refractivity (Wildman–Crippen MR) is 125 cm³/mol. The summed E-state index contributed by atoms with van der Waals surface area (Å²) in [7, 11) is 0. The first kappa shape index (κ1) is 21.9. The van der Waals surface area contributed by atoms with Crippen molar-refractivity contribution in [2.24, 2.45) is 0 Å². The highest BCUT2D eigenvalue weighted by Crippen LogP contribution is 2.19. The molecule has 0 saturated carbocycles. The Hall–Kier alpha value is -4.34.